The van der Waals surface area contributed by atoms with E-state index in [4.69, 9.17) is 43.1 Å². The molecule has 0 amide bonds. The summed E-state index contributed by atoms with van der Waals surface area (Å²) < 4.78 is 18.5. The number of aromatic nitrogens is 1. The van der Waals surface area contributed by atoms with E-state index in [9.17, 15) is 15.0 Å². The number of carbonyl (C=O) groups is 1. The molecule has 270 valence electrons. The number of nitrogens with zero attached hydrogens (tertiary/aromatic N) is 1. The van der Waals surface area contributed by atoms with E-state index in [2.05, 4.69) is 36.3 Å². The van der Waals surface area contributed by atoms with Gasteiger partial charge < -0.3 is 35.5 Å². The summed E-state index contributed by atoms with van der Waals surface area (Å²) >= 11 is 12.6. The zero-order chi connectivity index (χ0) is 35.2. The van der Waals surface area contributed by atoms with Crippen LogP contribution in [0.2, 0.25) is 5.02 Å². The minimum absolute atomic E-state index is 0. The Labute approximate surface area is 310 Å². The van der Waals surface area contributed by atoms with Crippen molar-refractivity contribution in [3.63, 3.8) is 0 Å². The molecule has 50 heavy (non-hydrogen) atoms. The molecule has 0 unspecified atom stereocenters. The molecule has 4 rings (SSSR count). The van der Waals surface area contributed by atoms with Crippen molar-refractivity contribution in [1.29, 1.82) is 0 Å². The number of aliphatic hydroxyl groups is 1. The van der Waals surface area contributed by atoms with Gasteiger partial charge in [-0.2, -0.15) is 0 Å². The molecule has 1 aromatic heterocycles. The topological polar surface area (TPSA) is 136 Å². The number of carboxylic acid groups (broad SMARTS) is 1. The highest BCUT2D eigenvalue weighted by atomic mass is 35.5. The van der Waals surface area contributed by atoms with Crippen LogP contribution >= 0.6 is 35.6 Å². The van der Waals surface area contributed by atoms with Crippen LogP contribution < -0.4 is 25.3 Å². The second-order valence-corrected chi connectivity index (χ2v) is 12.6. The fraction of sp³-hybridized carbons (Fsp3) is 0.368. The van der Waals surface area contributed by atoms with Crippen molar-refractivity contribution >= 4 is 41.6 Å². The number of alkyl halides is 1. The highest BCUT2D eigenvalue weighted by Gasteiger charge is 2.17. The molecule has 1 atom stereocenters. The number of carboxylic acids is 1. The van der Waals surface area contributed by atoms with Gasteiger partial charge in [-0.05, 0) is 85.7 Å². The van der Waals surface area contributed by atoms with E-state index in [0.717, 1.165) is 64.8 Å². The molecule has 3 aromatic carbocycles. The average molecular weight is 747 g/mol. The predicted octanol–water partition coefficient (Wildman–Crippen LogP) is 7.88. The summed E-state index contributed by atoms with van der Waals surface area (Å²) in [6.07, 6.45) is 6.18. The predicted molar refractivity (Wildman–Crippen MR) is 201 cm³/mol. The van der Waals surface area contributed by atoms with Crippen molar-refractivity contribution in [3.05, 3.63) is 105 Å². The molecular formula is C38H46Cl3N3O6. The highest BCUT2D eigenvalue weighted by molar-refractivity contribution is 6.32. The molecule has 0 aliphatic rings. The monoisotopic (exact) mass is 745 g/mol. The van der Waals surface area contributed by atoms with Gasteiger partial charge in [-0.1, -0.05) is 48.4 Å². The second-order valence-electron chi connectivity index (χ2n) is 11.8. The number of hydrogen-bond acceptors (Lipinski definition) is 8. The lowest BCUT2D eigenvalue weighted by molar-refractivity contribution is 0.0696. The Hall–Kier alpha value is -3.57. The number of nitrogens with two attached hydrogens (primary N) is 1. The third-order valence-electron chi connectivity index (χ3n) is 8.30. The smallest absolute Gasteiger partial charge is 0.337 e. The van der Waals surface area contributed by atoms with Crippen LogP contribution in [0.25, 0.3) is 11.1 Å². The van der Waals surface area contributed by atoms with E-state index >= 15 is 0 Å². The Morgan fingerprint density at radius 3 is 2.36 bits per heavy atom. The van der Waals surface area contributed by atoms with E-state index < -0.39 is 5.97 Å². The maximum atomic E-state index is 11.5. The SMILES string of the molecule is Cc1c(COc2cc(OCc3cncc(C(=O)O)c3)c(CN[C@H](CO)CCCCN)cc2Cl)cccc1-c1cccc(OCCCCl)c1C.Cl. The van der Waals surface area contributed by atoms with Gasteiger partial charge in [0.05, 0.1) is 23.8 Å². The number of pyridine rings is 1. The molecule has 9 nitrogen and oxygen atoms in total. The van der Waals surface area contributed by atoms with Crippen molar-refractivity contribution in [1.82, 2.24) is 10.3 Å². The molecule has 0 saturated carbocycles. The lowest BCUT2D eigenvalue weighted by atomic mass is 9.93. The van der Waals surface area contributed by atoms with Crippen LogP contribution in [0, 0.1) is 13.8 Å². The van der Waals surface area contributed by atoms with Gasteiger partial charge in [-0.25, -0.2) is 4.79 Å². The lowest BCUT2D eigenvalue weighted by Crippen LogP contribution is -2.32. The number of hydrogen-bond donors (Lipinski definition) is 4. The molecule has 0 aliphatic carbocycles. The van der Waals surface area contributed by atoms with Gasteiger partial charge in [0.2, 0.25) is 0 Å². The van der Waals surface area contributed by atoms with Gasteiger partial charge >= 0.3 is 5.97 Å². The number of rotatable bonds is 20. The quantitative estimate of drug-likeness (QED) is 0.0526. The van der Waals surface area contributed by atoms with Crippen LogP contribution in [0.1, 0.15) is 63.9 Å². The Kier molecular flexibility index (Phi) is 17.1. The standard InChI is InChI=1S/C38H45Cl2N3O6.ClH/c1-25-28(8-5-10-32(25)33-11-6-12-35(26(33)2)47-15-7-13-39)24-49-37-18-36(48-23-27-16-30(38(45)46)20-42-19-27)29(17-34(37)40)21-43-31(22-44)9-3-4-14-41;/h5-6,8,10-12,16-20,31,43-44H,3-4,7,9,13-15,21-24,41H2,1-2H3,(H,45,46);1H/t31-;/m0./s1. The van der Waals surface area contributed by atoms with Crippen LogP contribution in [0.4, 0.5) is 0 Å². The summed E-state index contributed by atoms with van der Waals surface area (Å²) in [6.45, 7) is 6.00. The Bertz CT molecular complexity index is 1690. The van der Waals surface area contributed by atoms with E-state index in [-0.39, 0.29) is 43.8 Å². The van der Waals surface area contributed by atoms with Crippen LogP contribution in [0.15, 0.2) is 67.0 Å². The van der Waals surface area contributed by atoms with Crippen LogP contribution in [-0.2, 0) is 19.8 Å². The largest absolute Gasteiger partial charge is 0.493 e. The van der Waals surface area contributed by atoms with Gasteiger partial charge in [0.1, 0.15) is 30.5 Å². The van der Waals surface area contributed by atoms with Crippen LogP contribution in [0.3, 0.4) is 0 Å². The van der Waals surface area contributed by atoms with Crippen LogP contribution in [0.5, 0.6) is 17.2 Å². The number of unbranched alkanes of at least 4 members (excludes halogenated alkanes) is 1. The van der Waals surface area contributed by atoms with Crippen molar-refractivity contribution in [2.24, 2.45) is 5.73 Å². The zero-order valence-electron chi connectivity index (χ0n) is 28.4. The summed E-state index contributed by atoms with van der Waals surface area (Å²) in [5.74, 6) is 1.27. The molecule has 4 aromatic rings. The van der Waals surface area contributed by atoms with Gasteiger partial charge in [-0.15, -0.1) is 24.0 Å². The lowest BCUT2D eigenvalue weighted by Gasteiger charge is -2.20. The minimum atomic E-state index is -1.07. The van der Waals surface area contributed by atoms with Crippen LogP contribution in [-0.4, -0.2) is 52.8 Å². The van der Waals surface area contributed by atoms with Crippen molar-refractivity contribution < 1.29 is 29.2 Å². The van der Waals surface area contributed by atoms with Gasteiger partial charge in [0.15, 0.2) is 0 Å². The first kappa shape index (κ1) is 40.9. The third-order valence-corrected chi connectivity index (χ3v) is 8.86. The van der Waals surface area contributed by atoms with Gasteiger partial charge in [0, 0.05) is 48.1 Å². The highest BCUT2D eigenvalue weighted by Crippen LogP contribution is 2.36. The zero-order valence-corrected chi connectivity index (χ0v) is 30.8. The number of benzene rings is 3. The molecule has 0 bridgehead atoms. The van der Waals surface area contributed by atoms with Crippen molar-refractivity contribution in [2.45, 2.75) is 65.3 Å². The molecule has 0 fully saturated rings. The van der Waals surface area contributed by atoms with E-state index in [1.807, 2.05) is 24.3 Å². The minimum Gasteiger partial charge on any atom is -0.493 e. The maximum absolute atomic E-state index is 11.5. The number of ether oxygens (including phenoxy) is 3. The molecule has 0 aliphatic heterocycles. The normalized spacial score (nSPS) is 11.5. The Morgan fingerprint density at radius 1 is 0.900 bits per heavy atom. The Balaban J connectivity index is 0.00000676. The van der Waals surface area contributed by atoms with E-state index in [0.29, 0.717) is 47.7 Å². The van der Waals surface area contributed by atoms with Crippen molar-refractivity contribution in [2.75, 3.05) is 25.6 Å². The van der Waals surface area contributed by atoms with Crippen molar-refractivity contribution in [3.8, 4) is 28.4 Å². The van der Waals surface area contributed by atoms with Gasteiger partial charge in [0.25, 0.3) is 0 Å². The summed E-state index contributed by atoms with van der Waals surface area (Å²) in [7, 11) is 0. The molecular weight excluding hydrogens is 701 g/mol. The van der Waals surface area contributed by atoms with E-state index in [1.165, 1.54) is 12.3 Å². The van der Waals surface area contributed by atoms with E-state index in [1.54, 1.807) is 18.3 Å². The summed E-state index contributed by atoms with van der Waals surface area (Å²) in [4.78, 5) is 15.5. The number of nitrogens with one attached hydrogen (secondary N) is 1. The molecule has 0 saturated heterocycles. The Morgan fingerprint density at radius 2 is 1.64 bits per heavy atom. The summed E-state index contributed by atoms with van der Waals surface area (Å²) in [5.41, 5.74) is 12.4. The number of aliphatic hydroxyl groups excluding tert-OH is 1. The summed E-state index contributed by atoms with van der Waals surface area (Å²) in [5, 5.41) is 23.1. The number of halogens is 3. The average Bonchev–Trinajstić information content (AvgIpc) is 3.10. The van der Waals surface area contributed by atoms with Gasteiger partial charge in [-0.3, -0.25) is 4.98 Å². The molecule has 0 radical (unpaired) electrons. The molecule has 0 spiro atoms. The maximum Gasteiger partial charge on any atom is 0.337 e. The molecule has 12 heteroatoms. The first-order valence-electron chi connectivity index (χ1n) is 16.4. The summed E-state index contributed by atoms with van der Waals surface area (Å²) in [6, 6.07) is 17.1. The first-order valence-corrected chi connectivity index (χ1v) is 17.3. The molecule has 5 N–H and O–H groups in total. The number of aromatic carboxylic acids is 1. The fourth-order valence-corrected chi connectivity index (χ4v) is 5.79. The second kappa shape index (κ2) is 20.9. The first-order chi connectivity index (χ1) is 23.7. The molecule has 1 heterocycles. The fourth-order valence-electron chi connectivity index (χ4n) is 5.44. The third kappa shape index (κ3) is 11.5.